The molecule has 0 saturated carbocycles. The van der Waals surface area contributed by atoms with Crippen molar-refractivity contribution in [2.45, 2.75) is 25.8 Å². The molecule has 0 radical (unpaired) electrons. The first-order valence-corrected chi connectivity index (χ1v) is 6.97. The molecule has 0 aliphatic carbocycles. The van der Waals surface area contributed by atoms with Crippen molar-refractivity contribution in [2.24, 2.45) is 0 Å². The minimum Gasteiger partial charge on any atom is -0.508 e. The molecule has 2 aromatic rings. The van der Waals surface area contributed by atoms with E-state index in [1.165, 1.54) is 0 Å². The van der Waals surface area contributed by atoms with Crippen molar-refractivity contribution < 1.29 is 5.11 Å². The molecule has 2 atom stereocenters. The number of thiazole rings is 1. The predicted octanol–water partition coefficient (Wildman–Crippen LogP) is 3.30. The van der Waals surface area contributed by atoms with Crippen LogP contribution in [0.25, 0.3) is 0 Å². The number of aromatic nitrogens is 1. The first-order valence-electron chi connectivity index (χ1n) is 6.09. The molecule has 18 heavy (non-hydrogen) atoms. The molecule has 0 aliphatic heterocycles. The average Bonchev–Trinajstić information content (AvgIpc) is 2.90. The minimum absolute atomic E-state index is 0.133. The van der Waals surface area contributed by atoms with Crippen molar-refractivity contribution >= 4 is 11.3 Å². The fourth-order valence-electron chi connectivity index (χ4n) is 1.88. The normalized spacial score (nSPS) is 14.3. The van der Waals surface area contributed by atoms with Crippen LogP contribution in [0, 0.1) is 0 Å². The second kappa shape index (κ2) is 5.98. The lowest BCUT2D eigenvalue weighted by atomic mass is 10.1. The number of benzene rings is 1. The van der Waals surface area contributed by atoms with Crippen LogP contribution in [0.5, 0.6) is 5.75 Å². The number of nitrogens with one attached hydrogen (secondary N) is 1. The number of para-hydroxylation sites is 1. The maximum Gasteiger partial charge on any atom is 0.120 e. The Morgan fingerprint density at radius 3 is 2.78 bits per heavy atom. The number of phenols is 1. The molecule has 2 N–H and O–H groups in total. The fourth-order valence-corrected chi connectivity index (χ4v) is 2.58. The van der Waals surface area contributed by atoms with E-state index in [9.17, 15) is 5.11 Å². The van der Waals surface area contributed by atoms with Gasteiger partial charge in [-0.15, -0.1) is 11.3 Å². The number of phenolic OH excluding ortho intramolecular Hbond substituents is 1. The van der Waals surface area contributed by atoms with E-state index in [0.29, 0.717) is 11.7 Å². The maximum atomic E-state index is 9.78. The molecule has 0 aliphatic rings. The van der Waals surface area contributed by atoms with Crippen molar-refractivity contribution in [1.82, 2.24) is 10.3 Å². The van der Waals surface area contributed by atoms with Gasteiger partial charge in [0.05, 0.1) is 5.01 Å². The van der Waals surface area contributed by atoms with Crippen molar-refractivity contribution in [3.05, 3.63) is 46.4 Å². The first kappa shape index (κ1) is 13.1. The third kappa shape index (κ3) is 3.09. The topological polar surface area (TPSA) is 45.1 Å². The molecule has 0 fully saturated rings. The molecule has 3 nitrogen and oxygen atoms in total. The predicted molar refractivity (Wildman–Crippen MR) is 75.1 cm³/mol. The number of rotatable bonds is 5. The summed E-state index contributed by atoms with van der Waals surface area (Å²) in [5.74, 6) is 0.734. The van der Waals surface area contributed by atoms with Gasteiger partial charge in [-0.1, -0.05) is 25.1 Å². The lowest BCUT2D eigenvalue weighted by molar-refractivity contribution is 0.449. The SMILES string of the molecule is CC(CNC(C)c1ccccc1O)c1nccs1. The summed E-state index contributed by atoms with van der Waals surface area (Å²) < 4.78 is 0. The molecule has 0 bridgehead atoms. The molecular formula is C14H18N2OS. The second-order valence-corrected chi connectivity index (χ2v) is 5.39. The zero-order chi connectivity index (χ0) is 13.0. The Morgan fingerprint density at radius 1 is 1.33 bits per heavy atom. The molecule has 1 aromatic heterocycles. The molecule has 2 unspecified atom stereocenters. The lowest BCUT2D eigenvalue weighted by Gasteiger charge is -2.17. The Bertz CT molecular complexity index is 484. The number of hydrogen-bond donors (Lipinski definition) is 2. The average molecular weight is 262 g/mol. The van der Waals surface area contributed by atoms with Crippen molar-refractivity contribution in [3.63, 3.8) is 0 Å². The zero-order valence-corrected chi connectivity index (χ0v) is 11.4. The van der Waals surface area contributed by atoms with Crippen LogP contribution >= 0.6 is 11.3 Å². The van der Waals surface area contributed by atoms with Gasteiger partial charge in [0.25, 0.3) is 0 Å². The van der Waals surface area contributed by atoms with Crippen LogP contribution in [-0.2, 0) is 0 Å². The number of hydrogen-bond acceptors (Lipinski definition) is 4. The summed E-state index contributed by atoms with van der Waals surface area (Å²) >= 11 is 1.68. The fraction of sp³-hybridized carbons (Fsp3) is 0.357. The van der Waals surface area contributed by atoms with Crippen LogP contribution in [0.3, 0.4) is 0 Å². The highest BCUT2D eigenvalue weighted by Crippen LogP contribution is 2.24. The van der Waals surface area contributed by atoms with E-state index in [4.69, 9.17) is 0 Å². The van der Waals surface area contributed by atoms with E-state index in [2.05, 4.69) is 24.1 Å². The van der Waals surface area contributed by atoms with E-state index < -0.39 is 0 Å². The Labute approximate surface area is 112 Å². The molecule has 2 rings (SSSR count). The van der Waals surface area contributed by atoms with Gasteiger partial charge in [0.15, 0.2) is 0 Å². The van der Waals surface area contributed by atoms with Crippen molar-refractivity contribution in [1.29, 1.82) is 0 Å². The van der Waals surface area contributed by atoms with Crippen molar-refractivity contribution in [3.8, 4) is 5.75 Å². The summed E-state index contributed by atoms with van der Waals surface area (Å²) in [5, 5.41) is 16.4. The Balaban J connectivity index is 1.93. The van der Waals surface area contributed by atoms with E-state index in [1.54, 1.807) is 17.4 Å². The monoisotopic (exact) mass is 262 g/mol. The summed E-state index contributed by atoms with van der Waals surface area (Å²) in [7, 11) is 0. The molecule has 4 heteroatoms. The Morgan fingerprint density at radius 2 is 2.11 bits per heavy atom. The van der Waals surface area contributed by atoms with E-state index in [1.807, 2.05) is 29.8 Å². The van der Waals surface area contributed by atoms with Gasteiger partial charge in [0.1, 0.15) is 5.75 Å². The Hall–Kier alpha value is -1.39. The standard InChI is InChI=1S/C14H18N2OS/c1-10(14-15-7-8-18-14)9-16-11(2)12-5-3-4-6-13(12)17/h3-8,10-11,16-17H,9H2,1-2H3. The smallest absolute Gasteiger partial charge is 0.120 e. The molecule has 0 saturated heterocycles. The molecular weight excluding hydrogens is 244 g/mol. The van der Waals surface area contributed by atoms with Crippen LogP contribution in [0.4, 0.5) is 0 Å². The van der Waals surface area contributed by atoms with Gasteiger partial charge >= 0.3 is 0 Å². The zero-order valence-electron chi connectivity index (χ0n) is 10.6. The summed E-state index contributed by atoms with van der Waals surface area (Å²) in [6, 6.07) is 7.58. The highest BCUT2D eigenvalue weighted by atomic mass is 32.1. The molecule has 1 heterocycles. The van der Waals surface area contributed by atoms with Gasteiger partial charge in [-0.25, -0.2) is 4.98 Å². The van der Waals surface area contributed by atoms with Gasteiger partial charge in [-0.3, -0.25) is 0 Å². The summed E-state index contributed by atoms with van der Waals surface area (Å²) in [6.45, 7) is 5.07. The van der Waals surface area contributed by atoms with Crippen LogP contribution < -0.4 is 5.32 Å². The number of nitrogens with zero attached hydrogens (tertiary/aromatic N) is 1. The maximum absolute atomic E-state index is 9.78. The minimum atomic E-state index is 0.133. The number of aromatic hydroxyl groups is 1. The van der Waals surface area contributed by atoms with E-state index in [-0.39, 0.29) is 6.04 Å². The summed E-state index contributed by atoms with van der Waals surface area (Å²) in [4.78, 5) is 4.31. The van der Waals surface area contributed by atoms with E-state index >= 15 is 0 Å². The van der Waals surface area contributed by atoms with Gasteiger partial charge < -0.3 is 10.4 Å². The van der Waals surface area contributed by atoms with Gasteiger partial charge in [0, 0.05) is 35.6 Å². The highest BCUT2D eigenvalue weighted by molar-refractivity contribution is 7.09. The van der Waals surface area contributed by atoms with Gasteiger partial charge in [-0.2, -0.15) is 0 Å². The van der Waals surface area contributed by atoms with Crippen LogP contribution in [0.2, 0.25) is 0 Å². The second-order valence-electron chi connectivity index (χ2n) is 4.46. The molecule has 1 aromatic carbocycles. The summed E-state index contributed by atoms with van der Waals surface area (Å²) in [5.41, 5.74) is 0.934. The summed E-state index contributed by atoms with van der Waals surface area (Å²) in [6.07, 6.45) is 1.84. The van der Waals surface area contributed by atoms with Crippen LogP contribution in [0.1, 0.15) is 36.4 Å². The van der Waals surface area contributed by atoms with E-state index in [0.717, 1.165) is 17.1 Å². The van der Waals surface area contributed by atoms with Crippen LogP contribution in [-0.4, -0.2) is 16.6 Å². The highest BCUT2D eigenvalue weighted by Gasteiger charge is 2.12. The van der Waals surface area contributed by atoms with Crippen molar-refractivity contribution in [2.75, 3.05) is 6.54 Å². The third-order valence-electron chi connectivity index (χ3n) is 3.01. The molecule has 96 valence electrons. The molecule has 0 amide bonds. The Kier molecular flexibility index (Phi) is 4.33. The lowest BCUT2D eigenvalue weighted by Crippen LogP contribution is -2.23. The first-order chi connectivity index (χ1) is 8.68. The van der Waals surface area contributed by atoms with Crippen LogP contribution in [0.15, 0.2) is 35.8 Å². The van der Waals surface area contributed by atoms with Gasteiger partial charge in [0.2, 0.25) is 0 Å². The largest absolute Gasteiger partial charge is 0.508 e. The van der Waals surface area contributed by atoms with Gasteiger partial charge in [-0.05, 0) is 13.0 Å². The third-order valence-corrected chi connectivity index (χ3v) is 4.01. The quantitative estimate of drug-likeness (QED) is 0.869. The molecule has 0 spiro atoms.